The Morgan fingerprint density at radius 2 is 1.51 bits per heavy atom. The van der Waals surface area contributed by atoms with Crippen LogP contribution in [-0.4, -0.2) is 30.4 Å². The number of amides is 2. The molecule has 0 spiro atoms. The highest BCUT2D eigenvalue weighted by Gasteiger charge is 2.32. The molecule has 0 aliphatic heterocycles. The second kappa shape index (κ2) is 13.4. The van der Waals surface area contributed by atoms with Crippen molar-refractivity contribution in [2.45, 2.75) is 19.1 Å². The lowest BCUT2D eigenvalue weighted by molar-refractivity contribution is -0.143. The Labute approximate surface area is 231 Å². The maximum Gasteiger partial charge on any atom is 0.261 e. The van der Waals surface area contributed by atoms with Crippen LogP contribution in [0.2, 0.25) is 5.02 Å². The van der Waals surface area contributed by atoms with Gasteiger partial charge in [0.1, 0.15) is 23.4 Å². The van der Waals surface area contributed by atoms with Crippen LogP contribution in [0.5, 0.6) is 11.5 Å². The van der Waals surface area contributed by atoms with Crippen molar-refractivity contribution in [1.29, 1.82) is 0 Å². The molecule has 200 valence electrons. The summed E-state index contributed by atoms with van der Waals surface area (Å²) in [4.78, 5) is 28.9. The number of methoxy groups -OCH3 is 1. The molecule has 6 nitrogen and oxygen atoms in total. The quantitative estimate of drug-likeness (QED) is 0.252. The average Bonchev–Trinajstić information content (AvgIpc) is 2.97. The van der Waals surface area contributed by atoms with E-state index in [9.17, 15) is 14.0 Å². The van der Waals surface area contributed by atoms with E-state index in [1.165, 1.54) is 17.0 Å². The SMILES string of the molecule is COc1ccccc1CNC(=O)[C@@H](c1ccccc1)N(Cc1ccc(F)cc1)C(=O)COc1ccccc1Cl. The molecule has 0 saturated heterocycles. The van der Waals surface area contributed by atoms with E-state index in [4.69, 9.17) is 21.1 Å². The number of benzene rings is 4. The number of hydrogen-bond acceptors (Lipinski definition) is 4. The molecule has 1 atom stereocenters. The molecule has 0 fully saturated rings. The van der Waals surface area contributed by atoms with E-state index in [0.29, 0.717) is 27.6 Å². The molecule has 0 aromatic heterocycles. The highest BCUT2D eigenvalue weighted by atomic mass is 35.5. The van der Waals surface area contributed by atoms with Crippen molar-refractivity contribution in [3.8, 4) is 11.5 Å². The van der Waals surface area contributed by atoms with Gasteiger partial charge >= 0.3 is 0 Å². The van der Waals surface area contributed by atoms with E-state index in [1.807, 2.05) is 30.3 Å². The minimum Gasteiger partial charge on any atom is -0.496 e. The first-order chi connectivity index (χ1) is 19.0. The number of halogens is 2. The molecule has 4 aromatic rings. The molecule has 4 aromatic carbocycles. The Morgan fingerprint density at radius 3 is 2.21 bits per heavy atom. The molecule has 1 N–H and O–H groups in total. The van der Waals surface area contributed by atoms with E-state index in [-0.39, 0.29) is 25.6 Å². The Balaban J connectivity index is 1.65. The molecule has 0 aliphatic rings. The minimum absolute atomic E-state index is 0.0482. The van der Waals surface area contributed by atoms with Gasteiger partial charge in [-0.05, 0) is 41.5 Å². The Kier molecular flexibility index (Phi) is 9.53. The smallest absolute Gasteiger partial charge is 0.261 e. The van der Waals surface area contributed by atoms with Crippen molar-refractivity contribution in [2.75, 3.05) is 13.7 Å². The zero-order valence-electron chi connectivity index (χ0n) is 21.3. The maximum atomic E-state index is 13.8. The molecule has 0 aliphatic carbocycles. The van der Waals surface area contributed by atoms with E-state index in [2.05, 4.69) is 5.32 Å². The van der Waals surface area contributed by atoms with Crippen LogP contribution in [0, 0.1) is 5.82 Å². The van der Waals surface area contributed by atoms with Crippen LogP contribution in [0.3, 0.4) is 0 Å². The summed E-state index contributed by atoms with van der Waals surface area (Å²) in [7, 11) is 1.56. The minimum atomic E-state index is -0.992. The molecule has 0 radical (unpaired) electrons. The summed E-state index contributed by atoms with van der Waals surface area (Å²) in [5, 5.41) is 3.32. The maximum absolute atomic E-state index is 13.8. The lowest BCUT2D eigenvalue weighted by Crippen LogP contribution is -2.45. The monoisotopic (exact) mass is 546 g/mol. The van der Waals surface area contributed by atoms with Crippen molar-refractivity contribution in [2.24, 2.45) is 0 Å². The molecule has 8 heteroatoms. The number of nitrogens with one attached hydrogen (secondary N) is 1. The first-order valence-electron chi connectivity index (χ1n) is 12.3. The third kappa shape index (κ3) is 7.36. The van der Waals surface area contributed by atoms with E-state index in [0.717, 1.165) is 5.56 Å². The number of nitrogens with zero attached hydrogens (tertiary/aromatic N) is 1. The predicted octanol–water partition coefficient (Wildman–Crippen LogP) is 5.95. The van der Waals surface area contributed by atoms with Crippen LogP contribution >= 0.6 is 11.6 Å². The van der Waals surface area contributed by atoms with Crippen LogP contribution in [-0.2, 0) is 22.7 Å². The summed E-state index contributed by atoms with van der Waals surface area (Å²) in [6.07, 6.45) is 0. The van der Waals surface area contributed by atoms with Gasteiger partial charge in [0.05, 0.1) is 12.1 Å². The molecule has 0 heterocycles. The third-order valence-corrected chi connectivity index (χ3v) is 6.41. The molecule has 0 unspecified atom stereocenters. The van der Waals surface area contributed by atoms with Crippen molar-refractivity contribution in [1.82, 2.24) is 10.2 Å². The van der Waals surface area contributed by atoms with Gasteiger partial charge in [0.25, 0.3) is 5.91 Å². The van der Waals surface area contributed by atoms with Crippen LogP contribution in [0.25, 0.3) is 0 Å². The fourth-order valence-corrected chi connectivity index (χ4v) is 4.32. The lowest BCUT2D eigenvalue weighted by Gasteiger charge is -2.31. The van der Waals surface area contributed by atoms with Gasteiger partial charge in [-0.1, -0.05) is 84.4 Å². The first-order valence-corrected chi connectivity index (χ1v) is 12.7. The normalized spacial score (nSPS) is 11.4. The first kappa shape index (κ1) is 27.7. The van der Waals surface area contributed by atoms with E-state index in [1.54, 1.807) is 67.8 Å². The predicted molar refractivity (Wildman–Crippen MR) is 148 cm³/mol. The van der Waals surface area contributed by atoms with Gasteiger partial charge in [0.2, 0.25) is 5.91 Å². The van der Waals surface area contributed by atoms with Gasteiger partial charge in [0.15, 0.2) is 6.61 Å². The fourth-order valence-electron chi connectivity index (χ4n) is 4.13. The topological polar surface area (TPSA) is 67.9 Å². The van der Waals surface area contributed by atoms with Crippen LogP contribution in [0.1, 0.15) is 22.7 Å². The molecular formula is C31H28ClFN2O4. The summed E-state index contributed by atoms with van der Waals surface area (Å²) in [5.41, 5.74) is 2.06. The Morgan fingerprint density at radius 1 is 0.872 bits per heavy atom. The van der Waals surface area contributed by atoms with Gasteiger partial charge in [-0.2, -0.15) is 0 Å². The van der Waals surface area contributed by atoms with Gasteiger partial charge in [-0.3, -0.25) is 9.59 Å². The van der Waals surface area contributed by atoms with Crippen molar-refractivity contribution in [3.05, 3.63) is 131 Å². The number of hydrogen-bond donors (Lipinski definition) is 1. The number of carbonyl (C=O) groups excluding carboxylic acids is 2. The Bertz CT molecular complexity index is 1400. The standard InChI is InChI=1S/C31H28ClFN2O4/c1-38-27-13-7-5-11-24(27)19-34-31(37)30(23-9-3-2-4-10-23)35(20-22-15-17-25(33)18-16-22)29(36)21-39-28-14-8-6-12-26(28)32/h2-18,30H,19-21H2,1H3,(H,34,37)/t30-/m1/s1. The number of carbonyl (C=O) groups is 2. The Hall–Kier alpha value is -4.36. The highest BCUT2D eigenvalue weighted by Crippen LogP contribution is 2.27. The van der Waals surface area contributed by atoms with Crippen LogP contribution < -0.4 is 14.8 Å². The fraction of sp³-hybridized carbons (Fsp3) is 0.161. The zero-order chi connectivity index (χ0) is 27.6. The summed E-state index contributed by atoms with van der Waals surface area (Å²) in [6.45, 7) is -0.110. The summed E-state index contributed by atoms with van der Waals surface area (Å²) >= 11 is 6.21. The molecule has 4 rings (SSSR count). The highest BCUT2D eigenvalue weighted by molar-refractivity contribution is 6.32. The molecule has 2 amide bonds. The largest absolute Gasteiger partial charge is 0.496 e. The molecular weight excluding hydrogens is 519 g/mol. The second-order valence-corrected chi connectivity index (χ2v) is 9.12. The third-order valence-electron chi connectivity index (χ3n) is 6.10. The van der Waals surface area contributed by atoms with Gasteiger partial charge in [0, 0.05) is 18.7 Å². The van der Waals surface area contributed by atoms with Gasteiger partial charge in [-0.15, -0.1) is 0 Å². The number of para-hydroxylation sites is 2. The van der Waals surface area contributed by atoms with Crippen molar-refractivity contribution in [3.63, 3.8) is 0 Å². The van der Waals surface area contributed by atoms with E-state index < -0.39 is 17.8 Å². The van der Waals surface area contributed by atoms with Crippen LogP contribution in [0.15, 0.2) is 103 Å². The number of rotatable bonds is 11. The molecule has 0 bridgehead atoms. The van der Waals surface area contributed by atoms with Crippen LogP contribution in [0.4, 0.5) is 4.39 Å². The summed E-state index contributed by atoms with van der Waals surface area (Å²) < 4.78 is 24.8. The van der Waals surface area contributed by atoms with Gasteiger partial charge in [-0.25, -0.2) is 4.39 Å². The summed E-state index contributed by atoms with van der Waals surface area (Å²) in [6, 6.07) is 28.0. The second-order valence-electron chi connectivity index (χ2n) is 8.71. The number of ether oxygens (including phenoxy) is 2. The summed E-state index contributed by atoms with van der Waals surface area (Å²) in [5.74, 6) is -0.235. The molecule has 0 saturated carbocycles. The van der Waals surface area contributed by atoms with Crippen molar-refractivity contribution >= 4 is 23.4 Å². The van der Waals surface area contributed by atoms with E-state index >= 15 is 0 Å². The average molecular weight is 547 g/mol. The molecule has 39 heavy (non-hydrogen) atoms. The zero-order valence-corrected chi connectivity index (χ0v) is 22.1. The van der Waals surface area contributed by atoms with Crippen molar-refractivity contribution < 1.29 is 23.5 Å². The lowest BCUT2D eigenvalue weighted by atomic mass is 10.0. The van der Waals surface area contributed by atoms with Gasteiger partial charge < -0.3 is 19.7 Å².